The van der Waals surface area contributed by atoms with Crippen molar-refractivity contribution in [2.75, 3.05) is 0 Å². The maximum absolute atomic E-state index is 11.2. The molecule has 3 nitrogen and oxygen atoms in total. The van der Waals surface area contributed by atoms with Crippen LogP contribution in [0, 0.1) is 0 Å². The molecule has 0 saturated carbocycles. The second-order valence-corrected chi connectivity index (χ2v) is 6.00. The Balaban J connectivity index is 3.61. The van der Waals surface area contributed by atoms with Gasteiger partial charge in [-0.2, -0.15) is 0 Å². The van der Waals surface area contributed by atoms with Gasteiger partial charge in [0.25, 0.3) is 9.05 Å². The topological polar surface area (TPSA) is 51.2 Å². The fourth-order valence-electron chi connectivity index (χ4n) is 1.05. The van der Waals surface area contributed by atoms with Crippen molar-refractivity contribution in [3.05, 3.63) is 28.2 Å². The highest BCUT2D eigenvalue weighted by Gasteiger charge is 2.20. The Labute approximate surface area is 94.6 Å². The summed E-state index contributed by atoms with van der Waals surface area (Å²) in [7, 11) is 1.30. The van der Waals surface area contributed by atoms with Crippen LogP contribution < -0.4 is 0 Å². The summed E-state index contributed by atoms with van der Waals surface area (Å²) in [6.07, 6.45) is 0. The molecule has 0 N–H and O–H groups in total. The van der Waals surface area contributed by atoms with Gasteiger partial charge in [0.05, 0.1) is 10.5 Å². The zero-order chi connectivity index (χ0) is 10.9. The van der Waals surface area contributed by atoms with Crippen LogP contribution in [0.4, 0.5) is 0 Å². The van der Waals surface area contributed by atoms with Gasteiger partial charge in [-0.15, -0.1) is 0 Å². The van der Waals surface area contributed by atoms with Gasteiger partial charge in [-0.1, -0.05) is 22.0 Å². The zero-order valence-corrected chi connectivity index (χ0v) is 10.3. The molecule has 1 rings (SSSR count). The van der Waals surface area contributed by atoms with Gasteiger partial charge >= 0.3 is 0 Å². The molecule has 0 aliphatic carbocycles. The van der Waals surface area contributed by atoms with E-state index in [0.717, 1.165) is 0 Å². The Hall–Kier alpha value is -0.390. The van der Waals surface area contributed by atoms with Gasteiger partial charge in [0.15, 0.2) is 5.78 Å². The molecule has 0 aliphatic heterocycles. The second-order valence-electron chi connectivity index (χ2n) is 2.61. The fraction of sp³-hybridized carbons (Fsp3) is 0.125. The molecule has 76 valence electrons. The maximum Gasteiger partial charge on any atom is 0.262 e. The predicted molar refractivity (Wildman–Crippen MR) is 57.2 cm³/mol. The Morgan fingerprint density at radius 2 is 2.00 bits per heavy atom. The first-order chi connectivity index (χ1) is 6.34. The van der Waals surface area contributed by atoms with E-state index in [1.54, 1.807) is 6.07 Å². The van der Waals surface area contributed by atoms with E-state index in [1.165, 1.54) is 19.1 Å². The number of Topliss-reactive ketones (excluding diaryl/α,β-unsaturated/α-hetero) is 1. The Kier molecular flexibility index (Phi) is 3.34. The standard InChI is InChI=1S/C8H6BrClO3S/c1-5(11)8-6(9)3-2-4-7(8)14(10,12)13/h2-4H,1H3. The van der Waals surface area contributed by atoms with E-state index >= 15 is 0 Å². The van der Waals surface area contributed by atoms with Gasteiger partial charge in [0.1, 0.15) is 0 Å². The minimum absolute atomic E-state index is 0.0856. The minimum Gasteiger partial charge on any atom is -0.294 e. The van der Waals surface area contributed by atoms with Crippen LogP contribution in [0.2, 0.25) is 0 Å². The van der Waals surface area contributed by atoms with E-state index in [9.17, 15) is 13.2 Å². The van der Waals surface area contributed by atoms with Gasteiger partial charge in [0.2, 0.25) is 0 Å². The molecule has 6 heteroatoms. The van der Waals surface area contributed by atoms with Gasteiger partial charge in [0, 0.05) is 15.2 Å². The molecule has 0 aliphatic rings. The molecule has 0 fully saturated rings. The zero-order valence-electron chi connectivity index (χ0n) is 7.12. The Morgan fingerprint density at radius 3 is 2.36 bits per heavy atom. The molecule has 14 heavy (non-hydrogen) atoms. The normalized spacial score (nSPS) is 11.4. The number of rotatable bonds is 2. The number of halogens is 2. The molecule has 1 aromatic rings. The summed E-state index contributed by atoms with van der Waals surface area (Å²) in [5, 5.41) is 0. The lowest BCUT2D eigenvalue weighted by atomic mass is 10.1. The maximum atomic E-state index is 11.2. The summed E-state index contributed by atoms with van der Waals surface area (Å²) in [4.78, 5) is 11.0. The van der Waals surface area contributed by atoms with Crippen LogP contribution in [0.3, 0.4) is 0 Å². The first-order valence-corrected chi connectivity index (χ1v) is 6.68. The van der Waals surface area contributed by atoms with Crippen molar-refractivity contribution in [3.8, 4) is 0 Å². The third kappa shape index (κ3) is 2.34. The number of ketones is 1. The minimum atomic E-state index is -3.88. The third-order valence-corrected chi connectivity index (χ3v) is 3.62. The van der Waals surface area contributed by atoms with Crippen molar-refractivity contribution in [1.29, 1.82) is 0 Å². The summed E-state index contributed by atoms with van der Waals surface area (Å²) in [5.74, 6) is -0.350. The summed E-state index contributed by atoms with van der Waals surface area (Å²) in [6, 6.07) is 4.39. The first-order valence-electron chi connectivity index (χ1n) is 3.58. The average molecular weight is 298 g/mol. The van der Waals surface area contributed by atoms with Crippen molar-refractivity contribution >= 4 is 41.4 Å². The number of benzene rings is 1. The highest BCUT2D eigenvalue weighted by molar-refractivity contribution is 9.10. The Bertz CT molecular complexity index is 481. The molecule has 0 amide bonds. The molecular weight excluding hydrogens is 292 g/mol. The first kappa shape index (κ1) is 11.7. The van der Waals surface area contributed by atoms with Crippen molar-refractivity contribution in [2.24, 2.45) is 0 Å². The van der Waals surface area contributed by atoms with Gasteiger partial charge < -0.3 is 0 Å². The van der Waals surface area contributed by atoms with Gasteiger partial charge in [-0.25, -0.2) is 8.42 Å². The van der Waals surface area contributed by atoms with E-state index in [0.29, 0.717) is 4.47 Å². The van der Waals surface area contributed by atoms with Crippen LogP contribution in [-0.4, -0.2) is 14.2 Å². The quantitative estimate of drug-likeness (QED) is 0.623. The summed E-state index contributed by atoms with van der Waals surface area (Å²) >= 11 is 3.10. The van der Waals surface area contributed by atoms with Crippen molar-refractivity contribution in [2.45, 2.75) is 11.8 Å². The van der Waals surface area contributed by atoms with Crippen LogP contribution in [0.1, 0.15) is 17.3 Å². The molecule has 0 atom stereocenters. The van der Waals surface area contributed by atoms with Crippen molar-refractivity contribution in [3.63, 3.8) is 0 Å². The lowest BCUT2D eigenvalue weighted by Gasteiger charge is -2.04. The smallest absolute Gasteiger partial charge is 0.262 e. The Morgan fingerprint density at radius 1 is 1.43 bits per heavy atom. The van der Waals surface area contributed by atoms with E-state index in [-0.39, 0.29) is 16.2 Å². The van der Waals surface area contributed by atoms with Crippen molar-refractivity contribution < 1.29 is 13.2 Å². The average Bonchev–Trinajstić information content (AvgIpc) is 2.01. The molecule has 1 aromatic carbocycles. The van der Waals surface area contributed by atoms with E-state index in [4.69, 9.17) is 10.7 Å². The molecule has 0 aromatic heterocycles. The molecule has 0 heterocycles. The summed E-state index contributed by atoms with van der Waals surface area (Å²) < 4.78 is 22.6. The molecule has 0 spiro atoms. The molecule has 0 radical (unpaired) electrons. The summed E-state index contributed by atoms with van der Waals surface area (Å²) in [6.45, 7) is 1.28. The van der Waals surface area contributed by atoms with Crippen LogP contribution in [0.5, 0.6) is 0 Å². The predicted octanol–water partition coefficient (Wildman–Crippen LogP) is 2.58. The number of carbonyl (C=O) groups excluding carboxylic acids is 1. The van der Waals surface area contributed by atoms with E-state index in [1.807, 2.05) is 0 Å². The highest BCUT2D eigenvalue weighted by atomic mass is 79.9. The lowest BCUT2D eigenvalue weighted by molar-refractivity contribution is 0.101. The van der Waals surface area contributed by atoms with Crippen LogP contribution in [0.15, 0.2) is 27.6 Å². The summed E-state index contributed by atoms with van der Waals surface area (Å²) in [5.41, 5.74) is 0.0856. The molecule has 0 saturated heterocycles. The third-order valence-electron chi connectivity index (χ3n) is 1.59. The van der Waals surface area contributed by atoms with E-state index < -0.39 is 9.05 Å². The van der Waals surface area contributed by atoms with Gasteiger partial charge in [-0.3, -0.25) is 4.79 Å². The van der Waals surface area contributed by atoms with E-state index in [2.05, 4.69) is 15.9 Å². The monoisotopic (exact) mass is 296 g/mol. The SMILES string of the molecule is CC(=O)c1c(Br)cccc1S(=O)(=O)Cl. The molecular formula is C8H6BrClO3S. The van der Waals surface area contributed by atoms with Crippen LogP contribution in [0.25, 0.3) is 0 Å². The molecule has 0 unspecified atom stereocenters. The van der Waals surface area contributed by atoms with Crippen LogP contribution in [-0.2, 0) is 9.05 Å². The van der Waals surface area contributed by atoms with Crippen LogP contribution >= 0.6 is 26.6 Å². The number of hydrogen-bond acceptors (Lipinski definition) is 3. The highest BCUT2D eigenvalue weighted by Crippen LogP contribution is 2.26. The largest absolute Gasteiger partial charge is 0.294 e. The molecule has 0 bridgehead atoms. The fourth-order valence-corrected chi connectivity index (χ4v) is 2.95. The number of carbonyl (C=O) groups is 1. The van der Waals surface area contributed by atoms with Crippen molar-refractivity contribution in [1.82, 2.24) is 0 Å². The second kappa shape index (κ2) is 4.00. The lowest BCUT2D eigenvalue weighted by Crippen LogP contribution is -2.03. The number of hydrogen-bond donors (Lipinski definition) is 0. The van der Waals surface area contributed by atoms with Gasteiger partial charge in [-0.05, 0) is 19.1 Å².